The Morgan fingerprint density at radius 3 is 2.32 bits per heavy atom. The predicted octanol–water partition coefficient (Wildman–Crippen LogP) is 1.79. The van der Waals surface area contributed by atoms with Gasteiger partial charge in [0.15, 0.2) is 6.29 Å². The lowest BCUT2D eigenvalue weighted by atomic mass is 10.1. The second-order valence-corrected chi connectivity index (χ2v) is 4.79. The molecule has 19 heavy (non-hydrogen) atoms. The van der Waals surface area contributed by atoms with Gasteiger partial charge in [0.1, 0.15) is 6.10 Å². The molecule has 1 fully saturated rings. The third-order valence-corrected chi connectivity index (χ3v) is 3.47. The first kappa shape index (κ1) is 13.0. The van der Waals surface area contributed by atoms with Crippen LogP contribution in [0.5, 0.6) is 0 Å². The van der Waals surface area contributed by atoms with E-state index in [4.69, 9.17) is 23.7 Å². The molecule has 1 aromatic carbocycles. The third kappa shape index (κ3) is 2.66. The van der Waals surface area contributed by atoms with Crippen molar-refractivity contribution in [2.75, 3.05) is 13.7 Å². The topological polar surface area (TPSA) is 46.2 Å². The van der Waals surface area contributed by atoms with Gasteiger partial charge in [0.25, 0.3) is 5.97 Å². The zero-order chi connectivity index (χ0) is 13.3. The average Bonchev–Trinajstić information content (AvgIpc) is 2.71. The quantitative estimate of drug-likeness (QED) is 0.816. The fourth-order valence-electron chi connectivity index (χ4n) is 2.26. The van der Waals surface area contributed by atoms with Crippen molar-refractivity contribution in [3.05, 3.63) is 35.4 Å². The Bertz CT molecular complexity index is 422. The molecule has 0 aliphatic carbocycles. The van der Waals surface area contributed by atoms with Gasteiger partial charge >= 0.3 is 0 Å². The first-order valence-electron chi connectivity index (χ1n) is 6.37. The van der Waals surface area contributed by atoms with Crippen molar-refractivity contribution >= 4 is 0 Å². The van der Waals surface area contributed by atoms with Gasteiger partial charge in [-0.3, -0.25) is 0 Å². The van der Waals surface area contributed by atoms with Crippen LogP contribution in [0.1, 0.15) is 18.1 Å². The summed E-state index contributed by atoms with van der Waals surface area (Å²) in [6.07, 6.45) is -0.719. The summed E-state index contributed by atoms with van der Waals surface area (Å²) in [7, 11) is 1.55. The molecule has 0 radical (unpaired) electrons. The third-order valence-electron chi connectivity index (χ3n) is 3.47. The van der Waals surface area contributed by atoms with Crippen molar-refractivity contribution in [2.45, 2.75) is 38.5 Å². The maximum absolute atomic E-state index is 5.77. The Hall–Kier alpha value is -0.980. The van der Waals surface area contributed by atoms with Crippen molar-refractivity contribution in [1.29, 1.82) is 0 Å². The number of rotatable bonds is 2. The highest BCUT2D eigenvalue weighted by atomic mass is 16.9. The van der Waals surface area contributed by atoms with E-state index in [-0.39, 0.29) is 6.10 Å². The van der Waals surface area contributed by atoms with Gasteiger partial charge in [0.2, 0.25) is 0 Å². The highest BCUT2D eigenvalue weighted by Gasteiger charge is 2.42. The van der Waals surface area contributed by atoms with Crippen LogP contribution in [-0.4, -0.2) is 32.1 Å². The molecule has 2 heterocycles. The van der Waals surface area contributed by atoms with Crippen LogP contribution in [-0.2, 0) is 36.9 Å². The van der Waals surface area contributed by atoms with E-state index in [0.29, 0.717) is 19.8 Å². The van der Waals surface area contributed by atoms with Crippen LogP contribution in [0.15, 0.2) is 24.3 Å². The number of hydrogen-bond acceptors (Lipinski definition) is 5. The first-order chi connectivity index (χ1) is 9.20. The summed E-state index contributed by atoms with van der Waals surface area (Å²) in [6, 6.07) is 8.10. The smallest absolute Gasteiger partial charge is 0.280 e. The Balaban J connectivity index is 1.66. The van der Waals surface area contributed by atoms with Crippen molar-refractivity contribution in [3.63, 3.8) is 0 Å². The molecule has 0 saturated carbocycles. The van der Waals surface area contributed by atoms with Gasteiger partial charge in [0, 0.05) is 14.0 Å². The molecule has 2 aliphatic rings. The molecule has 1 unspecified atom stereocenters. The summed E-state index contributed by atoms with van der Waals surface area (Å²) in [6.45, 7) is 3.17. The number of hydrogen-bond donors (Lipinski definition) is 0. The lowest BCUT2D eigenvalue weighted by Crippen LogP contribution is -2.35. The lowest BCUT2D eigenvalue weighted by Gasteiger charge is -2.24. The van der Waals surface area contributed by atoms with Crippen LogP contribution in [0.2, 0.25) is 0 Å². The summed E-state index contributed by atoms with van der Waals surface area (Å²) in [5, 5.41) is 0. The van der Waals surface area contributed by atoms with E-state index in [1.165, 1.54) is 0 Å². The number of benzene rings is 1. The van der Waals surface area contributed by atoms with Crippen LogP contribution in [0.25, 0.3) is 0 Å². The van der Waals surface area contributed by atoms with Gasteiger partial charge in [-0.1, -0.05) is 24.3 Å². The van der Waals surface area contributed by atoms with E-state index in [1.54, 1.807) is 14.0 Å². The monoisotopic (exact) mass is 266 g/mol. The van der Waals surface area contributed by atoms with Crippen LogP contribution in [0.4, 0.5) is 0 Å². The second-order valence-electron chi connectivity index (χ2n) is 4.79. The zero-order valence-corrected chi connectivity index (χ0v) is 11.1. The van der Waals surface area contributed by atoms with E-state index in [1.807, 2.05) is 24.3 Å². The number of fused-ring (bicyclic) bond motifs is 1. The van der Waals surface area contributed by atoms with Crippen LogP contribution in [0.3, 0.4) is 0 Å². The molecule has 5 nitrogen and oxygen atoms in total. The summed E-state index contributed by atoms with van der Waals surface area (Å²) >= 11 is 0. The Morgan fingerprint density at radius 2 is 1.79 bits per heavy atom. The van der Waals surface area contributed by atoms with Gasteiger partial charge in [-0.15, -0.1) is 0 Å². The average molecular weight is 266 g/mol. The predicted molar refractivity (Wildman–Crippen MR) is 66.0 cm³/mol. The van der Waals surface area contributed by atoms with Crippen LogP contribution < -0.4 is 0 Å². The van der Waals surface area contributed by atoms with E-state index in [0.717, 1.165) is 11.1 Å². The molecule has 104 valence electrons. The van der Waals surface area contributed by atoms with E-state index < -0.39 is 12.3 Å². The molecule has 3 rings (SSSR count). The molecule has 2 aliphatic heterocycles. The zero-order valence-electron chi connectivity index (χ0n) is 11.1. The molecule has 1 aromatic rings. The van der Waals surface area contributed by atoms with Crippen molar-refractivity contribution in [1.82, 2.24) is 0 Å². The fraction of sp³-hybridized carbons (Fsp3) is 0.571. The summed E-state index contributed by atoms with van der Waals surface area (Å²) in [5.41, 5.74) is 2.30. The van der Waals surface area contributed by atoms with Gasteiger partial charge in [-0.05, 0) is 11.1 Å². The van der Waals surface area contributed by atoms with E-state index >= 15 is 0 Å². The maximum atomic E-state index is 5.77. The van der Waals surface area contributed by atoms with Gasteiger partial charge in [-0.2, -0.15) is 0 Å². The van der Waals surface area contributed by atoms with Crippen molar-refractivity contribution in [2.24, 2.45) is 0 Å². The molecular weight excluding hydrogens is 248 g/mol. The molecule has 5 heteroatoms. The maximum Gasteiger partial charge on any atom is 0.280 e. The summed E-state index contributed by atoms with van der Waals surface area (Å²) in [5.74, 6) is -1.00. The SMILES string of the molecule is COC1(C)OC[C@@H](C2OCc3ccccc3CO2)O1. The first-order valence-corrected chi connectivity index (χ1v) is 6.37. The normalized spacial score (nSPS) is 32.0. The van der Waals surface area contributed by atoms with E-state index in [9.17, 15) is 0 Å². The number of methoxy groups -OCH3 is 1. The largest absolute Gasteiger partial charge is 0.345 e. The van der Waals surface area contributed by atoms with Crippen molar-refractivity contribution < 1.29 is 23.7 Å². The second kappa shape index (κ2) is 5.19. The molecule has 0 N–H and O–H groups in total. The summed E-state index contributed by atoms with van der Waals surface area (Å²) < 4.78 is 27.9. The molecule has 0 spiro atoms. The van der Waals surface area contributed by atoms with Gasteiger partial charge in [-0.25, -0.2) is 0 Å². The molecule has 0 aromatic heterocycles. The minimum absolute atomic E-state index is 0.278. The number of ether oxygens (including phenoxy) is 5. The van der Waals surface area contributed by atoms with Crippen LogP contribution in [0, 0.1) is 0 Å². The minimum Gasteiger partial charge on any atom is -0.345 e. The van der Waals surface area contributed by atoms with Gasteiger partial charge in [0.05, 0.1) is 19.8 Å². The standard InChI is InChI=1S/C14H18O5/c1-14(15-2)18-9-12(19-14)13-16-7-10-5-3-4-6-11(10)8-17-13/h3-6,12-13H,7-9H2,1-2H3/t12-,14?/m0/s1. The van der Waals surface area contributed by atoms with Crippen molar-refractivity contribution in [3.8, 4) is 0 Å². The Kier molecular flexibility index (Phi) is 3.56. The highest BCUT2D eigenvalue weighted by Crippen LogP contribution is 2.29. The van der Waals surface area contributed by atoms with E-state index in [2.05, 4.69) is 0 Å². The lowest BCUT2D eigenvalue weighted by molar-refractivity contribution is -0.327. The van der Waals surface area contributed by atoms with Crippen LogP contribution >= 0.6 is 0 Å². The summed E-state index contributed by atoms with van der Waals surface area (Å²) in [4.78, 5) is 0. The molecule has 0 amide bonds. The molecular formula is C14H18O5. The fourth-order valence-corrected chi connectivity index (χ4v) is 2.26. The Morgan fingerprint density at radius 1 is 1.16 bits per heavy atom. The molecule has 1 saturated heterocycles. The Labute approximate surface area is 112 Å². The highest BCUT2D eigenvalue weighted by molar-refractivity contribution is 5.26. The molecule has 2 atom stereocenters. The minimum atomic E-state index is -1.00. The van der Waals surface area contributed by atoms with Gasteiger partial charge < -0.3 is 23.7 Å². The molecule has 0 bridgehead atoms.